The summed E-state index contributed by atoms with van der Waals surface area (Å²) >= 11 is 1.36. The van der Waals surface area contributed by atoms with Gasteiger partial charge >= 0.3 is 0 Å². The van der Waals surface area contributed by atoms with Crippen molar-refractivity contribution in [3.8, 4) is 0 Å². The molecule has 2 heterocycles. The summed E-state index contributed by atoms with van der Waals surface area (Å²) in [6, 6.07) is 13.6. The molecular weight excluding hydrogens is 408 g/mol. The standard InChI is InChI=1S/C24H24N4O2S/c1-5-19-25-15(3)21-14(2)22(31-23(21)27-19)24(30)28(4)13-20(29)26-18-12-8-10-16-9-6-7-11-17(16)18/h6-12H,5,13H2,1-4H3,(H,26,29). The van der Waals surface area contributed by atoms with Crippen LogP contribution in [-0.2, 0) is 11.2 Å². The van der Waals surface area contributed by atoms with Gasteiger partial charge in [0.05, 0.1) is 11.4 Å². The Balaban J connectivity index is 1.54. The van der Waals surface area contributed by atoms with Crippen molar-refractivity contribution in [2.75, 3.05) is 18.9 Å². The first-order valence-corrected chi connectivity index (χ1v) is 11.0. The van der Waals surface area contributed by atoms with E-state index in [1.54, 1.807) is 7.05 Å². The summed E-state index contributed by atoms with van der Waals surface area (Å²) in [7, 11) is 1.64. The molecule has 0 saturated heterocycles. The molecule has 0 aliphatic heterocycles. The molecule has 0 spiro atoms. The third-order valence-electron chi connectivity index (χ3n) is 5.32. The van der Waals surface area contributed by atoms with Gasteiger partial charge in [0.2, 0.25) is 5.91 Å². The highest BCUT2D eigenvalue weighted by atomic mass is 32.1. The Bertz CT molecular complexity index is 1310. The van der Waals surface area contributed by atoms with Gasteiger partial charge in [0.15, 0.2) is 0 Å². The van der Waals surface area contributed by atoms with E-state index >= 15 is 0 Å². The predicted molar refractivity (Wildman–Crippen MR) is 126 cm³/mol. The van der Waals surface area contributed by atoms with E-state index in [1.807, 2.05) is 63.2 Å². The second-order valence-electron chi connectivity index (χ2n) is 7.55. The van der Waals surface area contributed by atoms with Gasteiger partial charge in [0, 0.05) is 35.6 Å². The zero-order valence-corrected chi connectivity index (χ0v) is 18.8. The molecule has 0 fully saturated rings. The number of nitrogens with one attached hydrogen (secondary N) is 1. The second kappa shape index (κ2) is 8.43. The summed E-state index contributed by atoms with van der Waals surface area (Å²) in [5, 5.41) is 5.88. The van der Waals surface area contributed by atoms with Gasteiger partial charge in [-0.25, -0.2) is 9.97 Å². The number of anilines is 1. The molecule has 0 saturated carbocycles. The summed E-state index contributed by atoms with van der Waals surface area (Å²) in [6.45, 7) is 5.83. The van der Waals surface area contributed by atoms with E-state index in [2.05, 4.69) is 15.3 Å². The number of benzene rings is 2. The van der Waals surface area contributed by atoms with Crippen LogP contribution in [0.1, 0.15) is 33.7 Å². The highest BCUT2D eigenvalue weighted by Crippen LogP contribution is 2.32. The number of aryl methyl sites for hydroxylation is 3. The Labute approximate surface area is 184 Å². The molecule has 0 aliphatic rings. The van der Waals surface area contributed by atoms with Crippen molar-refractivity contribution in [2.24, 2.45) is 0 Å². The third-order valence-corrected chi connectivity index (χ3v) is 6.49. The number of likely N-dealkylation sites (N-methyl/N-ethyl adjacent to an activating group) is 1. The molecule has 0 unspecified atom stereocenters. The lowest BCUT2D eigenvalue weighted by Gasteiger charge is -2.17. The predicted octanol–water partition coefficient (Wildman–Crippen LogP) is 4.73. The smallest absolute Gasteiger partial charge is 0.264 e. The zero-order chi connectivity index (χ0) is 22.1. The van der Waals surface area contributed by atoms with Gasteiger partial charge < -0.3 is 10.2 Å². The Hall–Kier alpha value is -3.32. The Morgan fingerprint density at radius 3 is 2.58 bits per heavy atom. The average molecular weight is 433 g/mol. The number of carbonyl (C=O) groups excluding carboxylic acids is 2. The molecule has 0 radical (unpaired) electrons. The lowest BCUT2D eigenvalue weighted by atomic mass is 10.1. The Morgan fingerprint density at radius 1 is 1.06 bits per heavy atom. The van der Waals surface area contributed by atoms with E-state index < -0.39 is 0 Å². The first-order chi connectivity index (χ1) is 14.9. The fourth-order valence-corrected chi connectivity index (χ4v) is 4.99. The van der Waals surface area contributed by atoms with E-state index in [0.717, 1.165) is 50.2 Å². The number of amides is 2. The second-order valence-corrected chi connectivity index (χ2v) is 8.55. The summed E-state index contributed by atoms with van der Waals surface area (Å²) in [5.41, 5.74) is 2.48. The van der Waals surface area contributed by atoms with Crippen LogP contribution in [0.25, 0.3) is 21.0 Å². The summed E-state index contributed by atoms with van der Waals surface area (Å²) in [6.07, 6.45) is 0.741. The summed E-state index contributed by atoms with van der Waals surface area (Å²) in [5.74, 6) is 0.342. The van der Waals surface area contributed by atoms with E-state index in [-0.39, 0.29) is 18.4 Å². The van der Waals surface area contributed by atoms with Gasteiger partial charge in [-0.15, -0.1) is 11.3 Å². The van der Waals surface area contributed by atoms with E-state index in [0.29, 0.717) is 4.88 Å². The van der Waals surface area contributed by atoms with Crippen molar-refractivity contribution >= 4 is 49.8 Å². The van der Waals surface area contributed by atoms with Gasteiger partial charge in [-0.05, 0) is 30.9 Å². The highest BCUT2D eigenvalue weighted by molar-refractivity contribution is 7.20. The molecule has 6 nitrogen and oxygen atoms in total. The van der Waals surface area contributed by atoms with Crippen LogP contribution in [0.2, 0.25) is 0 Å². The number of rotatable bonds is 5. The van der Waals surface area contributed by atoms with Crippen LogP contribution in [0, 0.1) is 13.8 Å². The molecule has 2 aromatic heterocycles. The van der Waals surface area contributed by atoms with Crippen LogP contribution in [0.3, 0.4) is 0 Å². The highest BCUT2D eigenvalue weighted by Gasteiger charge is 2.23. The van der Waals surface area contributed by atoms with Crippen molar-refractivity contribution in [2.45, 2.75) is 27.2 Å². The van der Waals surface area contributed by atoms with Crippen LogP contribution in [0.15, 0.2) is 42.5 Å². The van der Waals surface area contributed by atoms with Crippen molar-refractivity contribution in [3.63, 3.8) is 0 Å². The average Bonchev–Trinajstić information content (AvgIpc) is 3.10. The van der Waals surface area contributed by atoms with Crippen molar-refractivity contribution in [3.05, 3.63) is 64.4 Å². The first kappa shape index (κ1) is 20.9. The van der Waals surface area contributed by atoms with Crippen LogP contribution < -0.4 is 5.32 Å². The maximum Gasteiger partial charge on any atom is 0.264 e. The van der Waals surface area contributed by atoms with Crippen molar-refractivity contribution in [1.82, 2.24) is 14.9 Å². The molecule has 0 aliphatic carbocycles. The first-order valence-electron chi connectivity index (χ1n) is 10.2. The van der Waals surface area contributed by atoms with Crippen LogP contribution >= 0.6 is 11.3 Å². The SMILES string of the molecule is CCc1nc(C)c2c(C)c(C(=O)N(C)CC(=O)Nc3cccc4ccccc34)sc2n1. The van der Waals surface area contributed by atoms with Crippen LogP contribution in [0.4, 0.5) is 5.69 Å². The zero-order valence-electron chi connectivity index (χ0n) is 18.0. The number of nitrogens with zero attached hydrogens (tertiary/aromatic N) is 3. The topological polar surface area (TPSA) is 75.2 Å². The molecule has 4 aromatic rings. The lowest BCUT2D eigenvalue weighted by Crippen LogP contribution is -2.34. The van der Waals surface area contributed by atoms with Gasteiger partial charge in [-0.2, -0.15) is 0 Å². The summed E-state index contributed by atoms with van der Waals surface area (Å²) < 4.78 is 0. The van der Waals surface area contributed by atoms with Gasteiger partial charge in [0.1, 0.15) is 10.7 Å². The normalized spacial score (nSPS) is 11.1. The molecule has 0 bridgehead atoms. The molecule has 2 aromatic carbocycles. The number of hydrogen-bond donors (Lipinski definition) is 1. The Kier molecular flexibility index (Phi) is 5.69. The van der Waals surface area contributed by atoms with Gasteiger partial charge in [0.25, 0.3) is 5.91 Å². The van der Waals surface area contributed by atoms with Crippen LogP contribution in [0.5, 0.6) is 0 Å². The molecule has 158 valence electrons. The minimum atomic E-state index is -0.241. The number of hydrogen-bond acceptors (Lipinski definition) is 5. The number of carbonyl (C=O) groups is 2. The molecule has 31 heavy (non-hydrogen) atoms. The van der Waals surface area contributed by atoms with Crippen LogP contribution in [-0.4, -0.2) is 40.3 Å². The maximum absolute atomic E-state index is 13.1. The molecular formula is C24H24N4O2S. The van der Waals surface area contributed by atoms with E-state index in [4.69, 9.17) is 0 Å². The van der Waals surface area contributed by atoms with Gasteiger partial charge in [-0.3, -0.25) is 9.59 Å². The number of thiophene rings is 1. The quantitative estimate of drug-likeness (QED) is 0.494. The minimum Gasteiger partial charge on any atom is -0.332 e. The Morgan fingerprint density at radius 2 is 1.81 bits per heavy atom. The fraction of sp³-hybridized carbons (Fsp3) is 0.250. The molecule has 0 atom stereocenters. The van der Waals surface area contributed by atoms with Crippen molar-refractivity contribution < 1.29 is 9.59 Å². The number of fused-ring (bicyclic) bond motifs is 2. The van der Waals surface area contributed by atoms with E-state index in [1.165, 1.54) is 16.2 Å². The van der Waals surface area contributed by atoms with Crippen molar-refractivity contribution in [1.29, 1.82) is 0 Å². The molecule has 1 N–H and O–H groups in total. The molecule has 4 rings (SSSR count). The minimum absolute atomic E-state index is 0.0411. The monoisotopic (exact) mass is 432 g/mol. The lowest BCUT2D eigenvalue weighted by molar-refractivity contribution is -0.116. The number of aromatic nitrogens is 2. The third kappa shape index (κ3) is 4.01. The molecule has 7 heteroatoms. The fourth-order valence-electron chi connectivity index (χ4n) is 3.74. The van der Waals surface area contributed by atoms with Gasteiger partial charge in [-0.1, -0.05) is 43.3 Å². The largest absolute Gasteiger partial charge is 0.332 e. The van der Waals surface area contributed by atoms with E-state index in [9.17, 15) is 9.59 Å². The molecule has 2 amide bonds. The summed E-state index contributed by atoms with van der Waals surface area (Å²) in [4.78, 5) is 37.8. The maximum atomic E-state index is 13.1.